The minimum atomic E-state index is -0.952. The van der Waals surface area contributed by atoms with Crippen LogP contribution in [0, 0.1) is 22.7 Å². The molecule has 0 unspecified atom stereocenters. The molecule has 4 aromatic rings. The lowest BCUT2D eigenvalue weighted by molar-refractivity contribution is -0.141. The number of methoxy groups -OCH3 is 2. The minimum absolute atomic E-state index is 0.109. The second kappa shape index (κ2) is 18.9. The van der Waals surface area contributed by atoms with Crippen molar-refractivity contribution in [3.63, 3.8) is 0 Å². The summed E-state index contributed by atoms with van der Waals surface area (Å²) >= 11 is 0. The molecular weight excluding hydrogens is 556 g/mol. The number of nitriles is 2. The van der Waals surface area contributed by atoms with Crippen LogP contribution >= 0.6 is 0 Å². The maximum Gasteiger partial charge on any atom is 0.305 e. The van der Waals surface area contributed by atoms with E-state index in [1.165, 1.54) is 31.1 Å². The molecule has 0 atom stereocenters. The van der Waals surface area contributed by atoms with E-state index >= 15 is 0 Å². The third-order valence-electron chi connectivity index (χ3n) is 6.86. The zero-order valence-electron chi connectivity index (χ0n) is 25.0. The summed E-state index contributed by atoms with van der Waals surface area (Å²) < 4.78 is 13.6. The largest absolute Gasteiger partial charge is 0.469 e. The number of fused-ring (bicyclic) bond motifs is 2. The Kier molecular flexibility index (Phi) is 14.9. The zero-order chi connectivity index (χ0) is 32.2. The molecule has 0 N–H and O–H groups in total. The second-order valence-electron chi connectivity index (χ2n) is 9.64. The van der Waals surface area contributed by atoms with Crippen molar-refractivity contribution in [2.24, 2.45) is 0 Å². The van der Waals surface area contributed by atoms with Gasteiger partial charge in [0.05, 0.1) is 38.2 Å². The minimum Gasteiger partial charge on any atom is -0.469 e. The Bertz CT molecular complexity index is 1610. The van der Waals surface area contributed by atoms with E-state index in [-0.39, 0.29) is 37.6 Å². The van der Waals surface area contributed by atoms with Crippen molar-refractivity contribution < 1.29 is 28.6 Å². The molecule has 0 aromatic heterocycles. The van der Waals surface area contributed by atoms with Crippen LogP contribution in [0.25, 0.3) is 21.5 Å². The van der Waals surface area contributed by atoms with Gasteiger partial charge in [-0.3, -0.25) is 14.4 Å². The fraction of sp³-hybridized carbons (Fsp3) is 0.250. The SMILES string of the molecule is C=CCOC=O.COC(=O)CCC(C#N)(CCC(=O)OC)c1ccc2ccccc2c1.N#CCc1ccc2ccccc2c1. The molecule has 0 saturated carbocycles. The van der Waals surface area contributed by atoms with E-state index in [1.807, 2.05) is 60.7 Å². The van der Waals surface area contributed by atoms with Gasteiger partial charge in [-0.2, -0.15) is 10.5 Å². The summed E-state index contributed by atoms with van der Waals surface area (Å²) in [7, 11) is 2.64. The van der Waals surface area contributed by atoms with Gasteiger partial charge in [-0.1, -0.05) is 91.5 Å². The fourth-order valence-electron chi connectivity index (χ4n) is 4.46. The summed E-state index contributed by atoms with van der Waals surface area (Å²) in [5.74, 6) is -0.753. The number of carbonyl (C=O) groups is 3. The van der Waals surface area contributed by atoms with Crippen molar-refractivity contribution in [1.82, 2.24) is 0 Å². The van der Waals surface area contributed by atoms with Gasteiger partial charge in [0.1, 0.15) is 6.61 Å². The number of carbonyl (C=O) groups excluding carboxylic acids is 3. The predicted molar refractivity (Wildman–Crippen MR) is 169 cm³/mol. The Balaban J connectivity index is 0.000000293. The molecule has 4 aromatic carbocycles. The van der Waals surface area contributed by atoms with Gasteiger partial charge in [-0.05, 0) is 51.6 Å². The van der Waals surface area contributed by atoms with Gasteiger partial charge in [-0.25, -0.2) is 0 Å². The van der Waals surface area contributed by atoms with E-state index in [0.717, 1.165) is 21.9 Å². The van der Waals surface area contributed by atoms with Crippen LogP contribution in [0.3, 0.4) is 0 Å². The van der Waals surface area contributed by atoms with Crippen LogP contribution in [-0.2, 0) is 40.4 Å². The molecule has 0 saturated heterocycles. The van der Waals surface area contributed by atoms with Crippen LogP contribution in [0.5, 0.6) is 0 Å². The molecule has 0 spiro atoms. The molecule has 226 valence electrons. The van der Waals surface area contributed by atoms with E-state index in [9.17, 15) is 19.6 Å². The van der Waals surface area contributed by atoms with Crippen LogP contribution in [-0.4, -0.2) is 39.2 Å². The monoisotopic (exact) mass is 592 g/mol. The maximum absolute atomic E-state index is 11.6. The molecule has 0 amide bonds. The zero-order valence-corrected chi connectivity index (χ0v) is 25.0. The van der Waals surface area contributed by atoms with E-state index in [1.54, 1.807) is 0 Å². The predicted octanol–water partition coefficient (Wildman–Crippen LogP) is 6.76. The summed E-state index contributed by atoms with van der Waals surface area (Å²) in [4.78, 5) is 32.5. The first-order valence-corrected chi connectivity index (χ1v) is 13.9. The van der Waals surface area contributed by atoms with Gasteiger partial charge in [0, 0.05) is 12.8 Å². The highest BCUT2D eigenvalue weighted by Crippen LogP contribution is 2.36. The Morgan fingerprint density at radius 1 is 0.795 bits per heavy atom. The van der Waals surface area contributed by atoms with E-state index in [2.05, 4.69) is 47.7 Å². The van der Waals surface area contributed by atoms with Crippen LogP contribution in [0.1, 0.15) is 36.8 Å². The van der Waals surface area contributed by atoms with Gasteiger partial charge in [0.15, 0.2) is 0 Å². The van der Waals surface area contributed by atoms with Crippen molar-refractivity contribution in [1.29, 1.82) is 10.5 Å². The summed E-state index contributed by atoms with van der Waals surface area (Å²) in [5, 5.41) is 23.0. The lowest BCUT2D eigenvalue weighted by Gasteiger charge is -2.27. The molecule has 8 nitrogen and oxygen atoms in total. The lowest BCUT2D eigenvalue weighted by atomic mass is 9.74. The molecule has 8 heteroatoms. The quantitative estimate of drug-likeness (QED) is 0.0615. The fourth-order valence-corrected chi connectivity index (χ4v) is 4.46. The number of hydrogen-bond acceptors (Lipinski definition) is 8. The van der Waals surface area contributed by atoms with Crippen LogP contribution in [0.15, 0.2) is 97.6 Å². The smallest absolute Gasteiger partial charge is 0.305 e. The van der Waals surface area contributed by atoms with E-state index < -0.39 is 5.41 Å². The number of hydrogen-bond donors (Lipinski definition) is 0. The molecule has 0 bridgehead atoms. The van der Waals surface area contributed by atoms with Gasteiger partial charge < -0.3 is 14.2 Å². The Labute approximate surface area is 258 Å². The summed E-state index contributed by atoms with van der Waals surface area (Å²) in [6.45, 7) is 4.01. The molecule has 0 aliphatic heterocycles. The molecule has 0 aliphatic carbocycles. The molecule has 44 heavy (non-hydrogen) atoms. The van der Waals surface area contributed by atoms with E-state index in [4.69, 9.17) is 14.7 Å². The Hall–Kier alpha value is -5.47. The average molecular weight is 593 g/mol. The third-order valence-corrected chi connectivity index (χ3v) is 6.86. The van der Waals surface area contributed by atoms with E-state index in [0.29, 0.717) is 19.5 Å². The van der Waals surface area contributed by atoms with Gasteiger partial charge in [-0.15, -0.1) is 0 Å². The van der Waals surface area contributed by atoms with Crippen molar-refractivity contribution in [3.8, 4) is 12.1 Å². The van der Waals surface area contributed by atoms with Crippen LogP contribution < -0.4 is 0 Å². The summed E-state index contributed by atoms with van der Waals surface area (Å²) in [5.41, 5.74) is 0.926. The van der Waals surface area contributed by atoms with Crippen molar-refractivity contribution >= 4 is 40.0 Å². The third kappa shape index (κ3) is 10.7. The molecule has 4 rings (SSSR count). The highest BCUT2D eigenvalue weighted by Gasteiger charge is 2.34. The maximum atomic E-state index is 11.6. The van der Waals surface area contributed by atoms with Crippen molar-refractivity contribution in [2.75, 3.05) is 20.8 Å². The molecule has 0 aliphatic rings. The number of esters is 2. The summed E-state index contributed by atoms with van der Waals surface area (Å²) in [6, 6.07) is 32.4. The first kappa shape index (κ1) is 34.7. The first-order chi connectivity index (χ1) is 21.4. The van der Waals surface area contributed by atoms with Crippen LogP contribution in [0.2, 0.25) is 0 Å². The van der Waals surface area contributed by atoms with Crippen molar-refractivity contribution in [2.45, 2.75) is 37.5 Å². The molecular formula is C36H36N2O6. The Morgan fingerprint density at radius 3 is 1.77 bits per heavy atom. The van der Waals surface area contributed by atoms with Crippen LogP contribution in [0.4, 0.5) is 0 Å². The molecule has 0 fully saturated rings. The number of rotatable bonds is 11. The molecule has 0 radical (unpaired) electrons. The van der Waals surface area contributed by atoms with Gasteiger partial charge >= 0.3 is 11.9 Å². The second-order valence-corrected chi connectivity index (χ2v) is 9.64. The number of ether oxygens (including phenoxy) is 3. The van der Waals surface area contributed by atoms with Gasteiger partial charge in [0.2, 0.25) is 0 Å². The lowest BCUT2D eigenvalue weighted by Crippen LogP contribution is -2.27. The average Bonchev–Trinajstić information content (AvgIpc) is 3.07. The summed E-state index contributed by atoms with van der Waals surface area (Å²) in [6.07, 6.45) is 2.78. The van der Waals surface area contributed by atoms with Gasteiger partial charge in [0.25, 0.3) is 6.47 Å². The first-order valence-electron chi connectivity index (χ1n) is 13.9. The molecule has 0 heterocycles. The Morgan fingerprint density at radius 2 is 1.32 bits per heavy atom. The highest BCUT2D eigenvalue weighted by atomic mass is 16.5. The standard InChI is InChI=1S/C20H21NO4.C12H9N.C4H6O2/c1-24-18(22)9-11-20(14-21,12-10-19(23)25-2)17-8-7-15-5-3-4-6-16(15)13-17;13-8-7-10-5-6-11-3-1-2-4-12(11)9-10;1-2-3-6-4-5/h3-8,13H,9-12H2,1-2H3;1-6,9H,7H2;2,4H,1,3H2. The normalized spacial score (nSPS) is 10.0. The number of benzene rings is 4. The topological polar surface area (TPSA) is 126 Å². The van der Waals surface area contributed by atoms with Crippen molar-refractivity contribution in [3.05, 3.63) is 109 Å². The highest BCUT2D eigenvalue weighted by molar-refractivity contribution is 5.84. The number of nitrogens with zero attached hydrogens (tertiary/aromatic N) is 2.